The third kappa shape index (κ3) is 3.60. The molecule has 0 aliphatic heterocycles. The normalized spacial score (nSPS) is 10.1. The molecule has 0 saturated carbocycles. The van der Waals surface area contributed by atoms with Crippen molar-refractivity contribution in [3.8, 4) is 0 Å². The molecule has 2 N–H and O–H groups in total. The van der Waals surface area contributed by atoms with Crippen molar-refractivity contribution in [3.05, 3.63) is 34.6 Å². The molecule has 0 aliphatic rings. The van der Waals surface area contributed by atoms with Gasteiger partial charge < -0.3 is 5.11 Å². The average molecular weight is 246 g/mol. The number of carboxylic acids is 1. The van der Waals surface area contributed by atoms with Crippen LogP contribution in [0, 0.1) is 5.82 Å². The van der Waals surface area contributed by atoms with Crippen LogP contribution in [-0.4, -0.2) is 29.9 Å². The first-order valence-electron chi connectivity index (χ1n) is 4.41. The zero-order chi connectivity index (χ0) is 12.1. The quantitative estimate of drug-likeness (QED) is 0.769. The summed E-state index contributed by atoms with van der Waals surface area (Å²) in [5.74, 6) is -2.30. The minimum atomic E-state index is -1.08. The molecule has 0 aromatic heterocycles. The van der Waals surface area contributed by atoms with Gasteiger partial charge in [-0.1, -0.05) is 11.6 Å². The van der Waals surface area contributed by atoms with E-state index in [2.05, 4.69) is 5.32 Å². The Hall–Kier alpha value is -1.46. The topological polar surface area (TPSA) is 66.4 Å². The van der Waals surface area contributed by atoms with Gasteiger partial charge in [0.1, 0.15) is 5.82 Å². The Morgan fingerprint density at radius 3 is 2.69 bits per heavy atom. The lowest BCUT2D eigenvalue weighted by molar-refractivity contribution is -0.135. The number of ketones is 1. The highest BCUT2D eigenvalue weighted by molar-refractivity contribution is 6.31. The summed E-state index contributed by atoms with van der Waals surface area (Å²) in [5.41, 5.74) is -0.148. The Morgan fingerprint density at radius 1 is 1.38 bits per heavy atom. The van der Waals surface area contributed by atoms with E-state index in [0.717, 1.165) is 6.07 Å². The molecule has 0 aliphatic carbocycles. The maximum absolute atomic E-state index is 13.2. The van der Waals surface area contributed by atoms with Crippen molar-refractivity contribution in [2.75, 3.05) is 13.1 Å². The largest absolute Gasteiger partial charge is 0.480 e. The number of carbonyl (C=O) groups is 2. The van der Waals surface area contributed by atoms with Crippen LogP contribution in [0.15, 0.2) is 18.2 Å². The minimum absolute atomic E-state index is 0.148. The fourth-order valence-corrected chi connectivity index (χ4v) is 1.26. The molecule has 0 spiro atoms. The molecule has 1 aromatic rings. The van der Waals surface area contributed by atoms with E-state index in [1.807, 2.05) is 0 Å². The highest BCUT2D eigenvalue weighted by Gasteiger charge is 2.12. The predicted molar refractivity (Wildman–Crippen MR) is 56.2 cm³/mol. The summed E-state index contributed by atoms with van der Waals surface area (Å²) in [6.07, 6.45) is 0. The highest BCUT2D eigenvalue weighted by Crippen LogP contribution is 2.14. The summed E-state index contributed by atoms with van der Waals surface area (Å²) >= 11 is 5.61. The van der Waals surface area contributed by atoms with Gasteiger partial charge >= 0.3 is 5.97 Å². The second kappa shape index (κ2) is 5.58. The van der Waals surface area contributed by atoms with E-state index in [9.17, 15) is 14.0 Å². The molecule has 16 heavy (non-hydrogen) atoms. The third-order valence-corrected chi connectivity index (χ3v) is 2.03. The molecule has 0 radical (unpaired) electrons. The van der Waals surface area contributed by atoms with Gasteiger partial charge in [0.15, 0.2) is 5.78 Å². The number of hydrogen-bond donors (Lipinski definition) is 2. The zero-order valence-electron chi connectivity index (χ0n) is 8.17. The van der Waals surface area contributed by atoms with Gasteiger partial charge in [0.05, 0.1) is 18.7 Å². The summed E-state index contributed by atoms with van der Waals surface area (Å²) in [7, 11) is 0. The maximum Gasteiger partial charge on any atom is 0.317 e. The third-order valence-electron chi connectivity index (χ3n) is 1.79. The van der Waals surface area contributed by atoms with Gasteiger partial charge in [0, 0.05) is 5.02 Å². The first-order chi connectivity index (χ1) is 7.50. The van der Waals surface area contributed by atoms with E-state index in [0.29, 0.717) is 0 Å². The maximum atomic E-state index is 13.2. The molecule has 0 saturated heterocycles. The lowest BCUT2D eigenvalue weighted by Gasteiger charge is -2.03. The smallest absolute Gasteiger partial charge is 0.317 e. The second-order valence-electron chi connectivity index (χ2n) is 3.04. The molecule has 1 rings (SSSR count). The monoisotopic (exact) mass is 245 g/mol. The van der Waals surface area contributed by atoms with Crippen molar-refractivity contribution < 1.29 is 19.1 Å². The van der Waals surface area contributed by atoms with Crippen LogP contribution in [0.3, 0.4) is 0 Å². The van der Waals surface area contributed by atoms with Gasteiger partial charge in [-0.3, -0.25) is 14.9 Å². The summed E-state index contributed by atoms with van der Waals surface area (Å²) < 4.78 is 13.2. The standard InChI is InChI=1S/C10H9ClFNO3/c11-6-1-2-8(12)7(3-6)9(14)4-13-5-10(15)16/h1-3,13H,4-5H2,(H,15,16). The molecule has 0 fully saturated rings. The molecule has 4 nitrogen and oxygen atoms in total. The van der Waals surface area contributed by atoms with E-state index < -0.39 is 17.6 Å². The number of aliphatic carboxylic acids is 1. The van der Waals surface area contributed by atoms with E-state index in [-0.39, 0.29) is 23.7 Å². The number of carboxylic acid groups (broad SMARTS) is 1. The van der Waals surface area contributed by atoms with Crippen molar-refractivity contribution >= 4 is 23.4 Å². The Labute approximate surface area is 96.0 Å². The van der Waals surface area contributed by atoms with Crippen LogP contribution in [-0.2, 0) is 4.79 Å². The summed E-state index contributed by atoms with van der Waals surface area (Å²) in [5, 5.41) is 11.0. The van der Waals surface area contributed by atoms with Gasteiger partial charge in [-0.2, -0.15) is 0 Å². The number of nitrogens with one attached hydrogen (secondary N) is 1. The Bertz CT molecular complexity index is 423. The number of rotatable bonds is 5. The number of Topliss-reactive ketones (excluding diaryl/α,β-unsaturated/α-hetero) is 1. The molecule has 0 heterocycles. The van der Waals surface area contributed by atoms with E-state index in [1.165, 1.54) is 12.1 Å². The fraction of sp³-hybridized carbons (Fsp3) is 0.200. The van der Waals surface area contributed by atoms with Crippen LogP contribution >= 0.6 is 11.6 Å². The minimum Gasteiger partial charge on any atom is -0.480 e. The first kappa shape index (κ1) is 12.6. The van der Waals surface area contributed by atoms with Gasteiger partial charge in [-0.15, -0.1) is 0 Å². The molecule has 86 valence electrons. The number of carbonyl (C=O) groups excluding carboxylic acids is 1. The van der Waals surface area contributed by atoms with Crippen LogP contribution in [0.25, 0.3) is 0 Å². The number of halogens is 2. The molecular weight excluding hydrogens is 237 g/mol. The van der Waals surface area contributed by atoms with Crippen LogP contribution < -0.4 is 5.32 Å². The number of benzene rings is 1. The average Bonchev–Trinajstić information content (AvgIpc) is 2.21. The Kier molecular flexibility index (Phi) is 4.39. The molecule has 0 bridgehead atoms. The molecule has 1 aromatic carbocycles. The van der Waals surface area contributed by atoms with Crippen LogP contribution in [0.1, 0.15) is 10.4 Å². The lowest BCUT2D eigenvalue weighted by atomic mass is 10.1. The summed E-state index contributed by atoms with van der Waals surface area (Å²) in [4.78, 5) is 21.6. The van der Waals surface area contributed by atoms with Crippen LogP contribution in [0.5, 0.6) is 0 Å². The van der Waals surface area contributed by atoms with Crippen molar-refractivity contribution in [3.63, 3.8) is 0 Å². The van der Waals surface area contributed by atoms with E-state index in [4.69, 9.17) is 16.7 Å². The molecule has 0 atom stereocenters. The first-order valence-corrected chi connectivity index (χ1v) is 4.79. The molecule has 6 heteroatoms. The second-order valence-corrected chi connectivity index (χ2v) is 3.48. The van der Waals surface area contributed by atoms with Crippen molar-refractivity contribution in [1.82, 2.24) is 5.32 Å². The van der Waals surface area contributed by atoms with Crippen molar-refractivity contribution in [2.24, 2.45) is 0 Å². The zero-order valence-corrected chi connectivity index (χ0v) is 8.92. The SMILES string of the molecule is O=C(O)CNCC(=O)c1cc(Cl)ccc1F. The summed E-state index contributed by atoms with van der Waals surface area (Å²) in [6, 6.07) is 3.63. The fourth-order valence-electron chi connectivity index (χ4n) is 1.09. The van der Waals surface area contributed by atoms with Crippen molar-refractivity contribution in [2.45, 2.75) is 0 Å². The predicted octanol–water partition coefficient (Wildman–Crippen LogP) is 1.34. The van der Waals surface area contributed by atoms with E-state index in [1.54, 1.807) is 0 Å². The number of hydrogen-bond acceptors (Lipinski definition) is 3. The Morgan fingerprint density at radius 2 is 2.06 bits per heavy atom. The van der Waals surface area contributed by atoms with Crippen molar-refractivity contribution in [1.29, 1.82) is 0 Å². The summed E-state index contributed by atoms with van der Waals surface area (Å²) in [6.45, 7) is -0.600. The lowest BCUT2D eigenvalue weighted by Crippen LogP contribution is -2.28. The van der Waals surface area contributed by atoms with Gasteiger partial charge in [-0.05, 0) is 18.2 Å². The Balaban J connectivity index is 2.65. The van der Waals surface area contributed by atoms with E-state index >= 15 is 0 Å². The molecule has 0 unspecified atom stereocenters. The van der Waals surface area contributed by atoms with Gasteiger partial charge in [-0.25, -0.2) is 4.39 Å². The molecular formula is C10H9ClFNO3. The van der Waals surface area contributed by atoms with Crippen LogP contribution in [0.2, 0.25) is 5.02 Å². The van der Waals surface area contributed by atoms with Crippen LogP contribution in [0.4, 0.5) is 4.39 Å². The van der Waals surface area contributed by atoms with Gasteiger partial charge in [0.2, 0.25) is 0 Å². The molecule has 0 amide bonds. The van der Waals surface area contributed by atoms with Gasteiger partial charge in [0.25, 0.3) is 0 Å². The highest BCUT2D eigenvalue weighted by atomic mass is 35.5.